The molecular formula is C20H16N2O4. The predicted molar refractivity (Wildman–Crippen MR) is 96.0 cm³/mol. The van der Waals surface area contributed by atoms with Crippen molar-refractivity contribution in [3.63, 3.8) is 0 Å². The van der Waals surface area contributed by atoms with Crippen LogP contribution in [0.25, 0.3) is 0 Å². The van der Waals surface area contributed by atoms with Crippen molar-refractivity contribution in [3.05, 3.63) is 48.0 Å². The maximum atomic E-state index is 12.5. The number of fused-ring (bicyclic) bond motifs is 1. The first-order valence-corrected chi connectivity index (χ1v) is 8.21. The van der Waals surface area contributed by atoms with Crippen LogP contribution in [0, 0.1) is 18.3 Å². The van der Waals surface area contributed by atoms with Crippen LogP contribution in [0.2, 0.25) is 0 Å². The van der Waals surface area contributed by atoms with Crippen LogP contribution in [0.3, 0.4) is 0 Å². The number of benzene rings is 2. The lowest BCUT2D eigenvalue weighted by Gasteiger charge is -2.17. The van der Waals surface area contributed by atoms with E-state index in [1.54, 1.807) is 47.4 Å². The maximum Gasteiger partial charge on any atom is 0.231 e. The third-order valence-corrected chi connectivity index (χ3v) is 4.46. The number of carbonyl (C=O) groups is 2. The lowest BCUT2D eigenvalue weighted by molar-refractivity contribution is -0.122. The van der Waals surface area contributed by atoms with Gasteiger partial charge in [0.05, 0.1) is 5.92 Å². The molecule has 26 heavy (non-hydrogen) atoms. The van der Waals surface area contributed by atoms with E-state index in [9.17, 15) is 9.59 Å². The summed E-state index contributed by atoms with van der Waals surface area (Å²) in [5, 5.41) is 2.83. The molecular weight excluding hydrogens is 332 g/mol. The third-order valence-electron chi connectivity index (χ3n) is 4.46. The Morgan fingerprint density at radius 2 is 2.04 bits per heavy atom. The second-order valence-electron chi connectivity index (χ2n) is 6.16. The first-order chi connectivity index (χ1) is 12.6. The molecule has 0 radical (unpaired) electrons. The maximum absolute atomic E-state index is 12.5. The molecule has 6 nitrogen and oxygen atoms in total. The van der Waals surface area contributed by atoms with Crippen molar-refractivity contribution in [2.24, 2.45) is 5.92 Å². The van der Waals surface area contributed by atoms with Crippen LogP contribution < -0.4 is 19.7 Å². The van der Waals surface area contributed by atoms with Crippen molar-refractivity contribution < 1.29 is 19.1 Å². The SMILES string of the molecule is C#Cc1cccc(NC(=O)C2CC(=O)N(c3ccc4c(c3)OCO4)C2)c1. The lowest BCUT2D eigenvalue weighted by atomic mass is 10.1. The van der Waals surface area contributed by atoms with Gasteiger partial charge in [0.15, 0.2) is 11.5 Å². The average Bonchev–Trinajstić information content (AvgIpc) is 3.27. The third kappa shape index (κ3) is 2.95. The minimum absolute atomic E-state index is 0.0959. The molecule has 2 aliphatic heterocycles. The second-order valence-corrected chi connectivity index (χ2v) is 6.16. The molecule has 1 N–H and O–H groups in total. The Morgan fingerprint density at radius 3 is 2.88 bits per heavy atom. The number of amides is 2. The Labute approximate surface area is 150 Å². The number of rotatable bonds is 3. The fraction of sp³-hybridized carbons (Fsp3) is 0.200. The zero-order valence-corrected chi connectivity index (χ0v) is 13.9. The van der Waals surface area contributed by atoms with Gasteiger partial charge in [-0.25, -0.2) is 0 Å². The highest BCUT2D eigenvalue weighted by Gasteiger charge is 2.35. The molecule has 1 unspecified atom stereocenters. The molecule has 2 aromatic rings. The number of terminal acetylenes is 1. The zero-order valence-electron chi connectivity index (χ0n) is 13.9. The van der Waals surface area contributed by atoms with Gasteiger partial charge >= 0.3 is 0 Å². The molecule has 0 spiro atoms. The molecule has 4 rings (SSSR count). The van der Waals surface area contributed by atoms with Crippen LogP contribution in [0.15, 0.2) is 42.5 Å². The zero-order chi connectivity index (χ0) is 18.1. The van der Waals surface area contributed by atoms with Crippen LogP contribution in [-0.4, -0.2) is 25.2 Å². The quantitative estimate of drug-likeness (QED) is 0.865. The molecule has 1 atom stereocenters. The number of nitrogens with zero attached hydrogens (tertiary/aromatic N) is 1. The van der Waals surface area contributed by atoms with Gasteiger partial charge in [-0.3, -0.25) is 9.59 Å². The number of carbonyl (C=O) groups excluding carboxylic acids is 2. The van der Waals surface area contributed by atoms with Gasteiger partial charge in [0.1, 0.15) is 0 Å². The highest BCUT2D eigenvalue weighted by molar-refractivity contribution is 6.03. The largest absolute Gasteiger partial charge is 0.454 e. The summed E-state index contributed by atoms with van der Waals surface area (Å²) in [6.07, 6.45) is 5.54. The Hall–Kier alpha value is -3.46. The highest BCUT2D eigenvalue weighted by Crippen LogP contribution is 2.37. The molecule has 2 amide bonds. The Bertz CT molecular complexity index is 932. The van der Waals surface area contributed by atoms with Gasteiger partial charge in [-0.15, -0.1) is 6.42 Å². The minimum Gasteiger partial charge on any atom is -0.454 e. The Kier molecular flexibility index (Phi) is 3.98. The molecule has 2 aromatic carbocycles. The van der Waals surface area contributed by atoms with Crippen molar-refractivity contribution in [1.82, 2.24) is 0 Å². The average molecular weight is 348 g/mol. The smallest absolute Gasteiger partial charge is 0.231 e. The normalized spacial score (nSPS) is 17.9. The van der Waals surface area contributed by atoms with E-state index in [1.165, 1.54) is 0 Å². The van der Waals surface area contributed by atoms with Crippen molar-refractivity contribution in [1.29, 1.82) is 0 Å². The van der Waals surface area contributed by atoms with E-state index >= 15 is 0 Å². The van der Waals surface area contributed by atoms with Crippen LogP contribution >= 0.6 is 0 Å². The van der Waals surface area contributed by atoms with Crippen molar-refractivity contribution in [2.75, 3.05) is 23.6 Å². The molecule has 2 aliphatic rings. The standard InChI is InChI=1S/C20H16N2O4/c1-2-13-4-3-5-15(8-13)21-20(24)14-9-19(23)22(11-14)16-6-7-17-18(10-16)26-12-25-17/h1,3-8,10,14H,9,11-12H2,(H,21,24). The summed E-state index contributed by atoms with van der Waals surface area (Å²) in [5.41, 5.74) is 2.01. The summed E-state index contributed by atoms with van der Waals surface area (Å²) in [4.78, 5) is 26.5. The summed E-state index contributed by atoms with van der Waals surface area (Å²) >= 11 is 0. The summed E-state index contributed by atoms with van der Waals surface area (Å²) in [6.45, 7) is 0.494. The summed E-state index contributed by atoms with van der Waals surface area (Å²) in [6, 6.07) is 12.4. The molecule has 0 saturated carbocycles. The summed E-state index contributed by atoms with van der Waals surface area (Å²) in [7, 11) is 0. The lowest BCUT2D eigenvalue weighted by Crippen LogP contribution is -2.28. The minimum atomic E-state index is -0.428. The summed E-state index contributed by atoms with van der Waals surface area (Å²) in [5.74, 6) is 3.07. The first-order valence-electron chi connectivity index (χ1n) is 8.21. The second kappa shape index (κ2) is 6.45. The first kappa shape index (κ1) is 16.0. The van der Waals surface area contributed by atoms with E-state index in [1.807, 2.05) is 0 Å². The summed E-state index contributed by atoms with van der Waals surface area (Å²) < 4.78 is 10.6. The predicted octanol–water partition coefficient (Wildman–Crippen LogP) is 2.39. The van der Waals surface area contributed by atoms with E-state index in [-0.39, 0.29) is 25.0 Å². The molecule has 0 bridgehead atoms. The van der Waals surface area contributed by atoms with E-state index in [0.717, 1.165) is 0 Å². The van der Waals surface area contributed by atoms with E-state index in [0.29, 0.717) is 35.0 Å². The van der Waals surface area contributed by atoms with E-state index in [4.69, 9.17) is 15.9 Å². The van der Waals surface area contributed by atoms with Gasteiger partial charge < -0.3 is 19.7 Å². The van der Waals surface area contributed by atoms with Gasteiger partial charge in [0, 0.05) is 36.0 Å². The van der Waals surface area contributed by atoms with Gasteiger partial charge in [-0.05, 0) is 30.3 Å². The fourth-order valence-electron chi connectivity index (χ4n) is 3.12. The van der Waals surface area contributed by atoms with E-state index in [2.05, 4.69) is 11.2 Å². The van der Waals surface area contributed by atoms with Gasteiger partial charge in [0.2, 0.25) is 18.6 Å². The van der Waals surface area contributed by atoms with Gasteiger partial charge in [-0.2, -0.15) is 0 Å². The Balaban J connectivity index is 1.47. The monoisotopic (exact) mass is 348 g/mol. The molecule has 1 fully saturated rings. The van der Waals surface area contributed by atoms with Gasteiger partial charge in [0.25, 0.3) is 0 Å². The van der Waals surface area contributed by atoms with Crippen molar-refractivity contribution in [3.8, 4) is 23.8 Å². The molecule has 0 aliphatic carbocycles. The highest BCUT2D eigenvalue weighted by atomic mass is 16.7. The van der Waals surface area contributed by atoms with Crippen LogP contribution in [-0.2, 0) is 9.59 Å². The van der Waals surface area contributed by atoms with Crippen LogP contribution in [0.5, 0.6) is 11.5 Å². The number of ether oxygens (including phenoxy) is 2. The topological polar surface area (TPSA) is 67.9 Å². The number of hydrogen-bond acceptors (Lipinski definition) is 4. The van der Waals surface area contributed by atoms with Crippen molar-refractivity contribution >= 4 is 23.2 Å². The number of hydrogen-bond donors (Lipinski definition) is 1. The van der Waals surface area contributed by atoms with Gasteiger partial charge in [-0.1, -0.05) is 12.0 Å². The van der Waals surface area contributed by atoms with Crippen LogP contribution in [0.4, 0.5) is 11.4 Å². The Morgan fingerprint density at radius 1 is 1.19 bits per heavy atom. The number of anilines is 2. The van der Waals surface area contributed by atoms with E-state index < -0.39 is 5.92 Å². The number of nitrogens with one attached hydrogen (secondary N) is 1. The molecule has 1 saturated heterocycles. The molecule has 130 valence electrons. The molecule has 2 heterocycles. The van der Waals surface area contributed by atoms with Crippen molar-refractivity contribution in [2.45, 2.75) is 6.42 Å². The molecule has 6 heteroatoms. The fourth-order valence-corrected chi connectivity index (χ4v) is 3.12. The van der Waals surface area contributed by atoms with Crippen LogP contribution in [0.1, 0.15) is 12.0 Å². The molecule has 0 aromatic heterocycles.